The van der Waals surface area contributed by atoms with Crippen LogP contribution in [0, 0.1) is 6.92 Å². The van der Waals surface area contributed by atoms with E-state index in [0.29, 0.717) is 11.8 Å². The lowest BCUT2D eigenvalue weighted by molar-refractivity contribution is 0.368. The summed E-state index contributed by atoms with van der Waals surface area (Å²) in [6.07, 6.45) is 0. The summed E-state index contributed by atoms with van der Waals surface area (Å²) in [6.45, 7) is 2.05. The third-order valence-electron chi connectivity index (χ3n) is 3.14. The number of rotatable bonds is 3. The van der Waals surface area contributed by atoms with E-state index in [4.69, 9.17) is 9.47 Å². The molecule has 1 aromatic carbocycles. The first-order valence-electron chi connectivity index (χ1n) is 6.27. The van der Waals surface area contributed by atoms with E-state index in [-0.39, 0.29) is 0 Å². The van der Waals surface area contributed by atoms with Crippen LogP contribution in [0.15, 0.2) is 36.4 Å². The van der Waals surface area contributed by atoms with Gasteiger partial charge in [0.1, 0.15) is 5.69 Å². The molecule has 0 atom stereocenters. The number of hydrogen-bond acceptors (Lipinski definition) is 4. The van der Waals surface area contributed by atoms with E-state index >= 15 is 0 Å². The fraction of sp³-hybridized carbons (Fsp3) is 0.200. The van der Waals surface area contributed by atoms with Gasteiger partial charge in [0.25, 0.3) is 0 Å². The van der Waals surface area contributed by atoms with Crippen LogP contribution >= 0.6 is 0 Å². The molecular formula is C15H15N3O2. The molecular weight excluding hydrogens is 254 g/mol. The van der Waals surface area contributed by atoms with Gasteiger partial charge in [-0.2, -0.15) is 4.52 Å². The zero-order chi connectivity index (χ0) is 14.1. The Labute approximate surface area is 116 Å². The van der Waals surface area contributed by atoms with Crippen LogP contribution < -0.4 is 9.47 Å². The van der Waals surface area contributed by atoms with E-state index in [1.54, 1.807) is 24.8 Å². The van der Waals surface area contributed by atoms with Crippen molar-refractivity contribution in [2.24, 2.45) is 0 Å². The molecule has 0 saturated carbocycles. The number of aromatic nitrogens is 3. The lowest BCUT2D eigenvalue weighted by Gasteiger charge is -2.04. The van der Waals surface area contributed by atoms with Crippen molar-refractivity contribution in [1.29, 1.82) is 0 Å². The summed E-state index contributed by atoms with van der Waals surface area (Å²) in [5.41, 5.74) is 3.69. The highest BCUT2D eigenvalue weighted by Gasteiger charge is 2.16. The van der Waals surface area contributed by atoms with Crippen molar-refractivity contribution in [1.82, 2.24) is 14.6 Å². The molecule has 20 heavy (non-hydrogen) atoms. The molecule has 0 spiro atoms. The topological polar surface area (TPSA) is 48.7 Å². The van der Waals surface area contributed by atoms with Crippen molar-refractivity contribution < 1.29 is 9.47 Å². The van der Waals surface area contributed by atoms with E-state index in [0.717, 1.165) is 16.9 Å². The molecule has 0 bridgehead atoms. The molecule has 0 N–H and O–H groups in total. The minimum atomic E-state index is 0.517. The Bertz CT molecular complexity index is 748. The molecule has 0 radical (unpaired) electrons. The van der Waals surface area contributed by atoms with Crippen LogP contribution in [0.1, 0.15) is 5.56 Å². The largest absolute Gasteiger partial charge is 0.480 e. The first kappa shape index (κ1) is 12.5. The van der Waals surface area contributed by atoms with E-state index in [1.165, 1.54) is 5.56 Å². The molecule has 0 aliphatic rings. The predicted molar refractivity (Wildman–Crippen MR) is 76.3 cm³/mol. The maximum atomic E-state index is 5.47. The molecule has 0 amide bonds. The fourth-order valence-electron chi connectivity index (χ4n) is 2.09. The number of ether oxygens (including phenoxy) is 2. The molecule has 3 aromatic rings. The van der Waals surface area contributed by atoms with E-state index in [1.807, 2.05) is 30.3 Å². The second-order valence-electron chi connectivity index (χ2n) is 4.48. The summed E-state index contributed by atoms with van der Waals surface area (Å²) in [5, 5.41) is 4.34. The lowest BCUT2D eigenvalue weighted by atomic mass is 10.1. The van der Waals surface area contributed by atoms with Gasteiger partial charge in [-0.25, -0.2) is 4.98 Å². The maximum Gasteiger partial charge on any atom is 0.243 e. The second-order valence-corrected chi connectivity index (χ2v) is 4.48. The van der Waals surface area contributed by atoms with Crippen LogP contribution in [0.2, 0.25) is 0 Å². The smallest absolute Gasteiger partial charge is 0.243 e. The number of aryl methyl sites for hydroxylation is 1. The highest BCUT2D eigenvalue weighted by Crippen LogP contribution is 2.30. The molecule has 2 aromatic heterocycles. The molecule has 5 heteroatoms. The normalized spacial score (nSPS) is 10.8. The van der Waals surface area contributed by atoms with E-state index in [2.05, 4.69) is 17.0 Å². The predicted octanol–water partition coefficient (Wildman–Crippen LogP) is 2.72. The number of imidazole rings is 1. The summed E-state index contributed by atoms with van der Waals surface area (Å²) in [7, 11) is 3.20. The average Bonchev–Trinajstić information content (AvgIpc) is 2.85. The van der Waals surface area contributed by atoms with Crippen LogP contribution in [0.4, 0.5) is 0 Å². The van der Waals surface area contributed by atoms with Gasteiger partial charge in [-0.1, -0.05) is 29.8 Å². The zero-order valence-electron chi connectivity index (χ0n) is 11.6. The second kappa shape index (κ2) is 4.85. The number of fused-ring (bicyclic) bond motifs is 1. The zero-order valence-corrected chi connectivity index (χ0v) is 11.6. The molecule has 5 nitrogen and oxygen atoms in total. The van der Waals surface area contributed by atoms with Crippen molar-refractivity contribution in [3.8, 4) is 23.0 Å². The van der Waals surface area contributed by atoms with Crippen LogP contribution in [-0.4, -0.2) is 28.8 Å². The lowest BCUT2D eigenvalue weighted by Crippen LogP contribution is -1.98. The van der Waals surface area contributed by atoms with Gasteiger partial charge in [0, 0.05) is 11.6 Å². The average molecular weight is 269 g/mol. The minimum absolute atomic E-state index is 0.517. The van der Waals surface area contributed by atoms with E-state index in [9.17, 15) is 0 Å². The van der Waals surface area contributed by atoms with Gasteiger partial charge in [0.2, 0.25) is 11.8 Å². The number of methoxy groups -OCH3 is 2. The molecule has 0 aliphatic carbocycles. The van der Waals surface area contributed by atoms with Crippen molar-refractivity contribution in [2.75, 3.05) is 14.2 Å². The van der Waals surface area contributed by atoms with Gasteiger partial charge in [-0.15, -0.1) is 5.10 Å². The van der Waals surface area contributed by atoms with Crippen LogP contribution in [0.3, 0.4) is 0 Å². The Hall–Kier alpha value is -2.56. The van der Waals surface area contributed by atoms with Gasteiger partial charge >= 0.3 is 0 Å². The SMILES string of the molecule is COc1ccc2nc(-c3ccc(C)cc3)c(OC)n2n1. The number of benzene rings is 1. The molecule has 0 unspecified atom stereocenters. The number of nitrogens with zero attached hydrogens (tertiary/aromatic N) is 3. The van der Waals surface area contributed by atoms with Gasteiger partial charge in [0.05, 0.1) is 14.2 Å². The summed E-state index contributed by atoms with van der Waals surface area (Å²) in [4.78, 5) is 4.58. The van der Waals surface area contributed by atoms with Crippen molar-refractivity contribution >= 4 is 5.65 Å². The molecule has 2 heterocycles. The molecule has 0 saturated heterocycles. The van der Waals surface area contributed by atoms with Gasteiger partial charge < -0.3 is 9.47 Å². The highest BCUT2D eigenvalue weighted by atomic mass is 16.5. The Kier molecular flexibility index (Phi) is 3.02. The quantitative estimate of drug-likeness (QED) is 0.733. The summed E-state index contributed by atoms with van der Waals surface area (Å²) in [6, 6.07) is 11.8. The maximum absolute atomic E-state index is 5.47. The molecule has 3 rings (SSSR count). The van der Waals surface area contributed by atoms with Crippen molar-refractivity contribution in [3.05, 3.63) is 42.0 Å². The summed E-state index contributed by atoms with van der Waals surface area (Å²) < 4.78 is 12.2. The van der Waals surface area contributed by atoms with Gasteiger partial charge in [0.15, 0.2) is 5.65 Å². The van der Waals surface area contributed by atoms with Crippen molar-refractivity contribution in [2.45, 2.75) is 6.92 Å². The third kappa shape index (κ3) is 1.97. The number of hydrogen-bond donors (Lipinski definition) is 0. The molecule has 0 aliphatic heterocycles. The summed E-state index contributed by atoms with van der Waals surface area (Å²) in [5.74, 6) is 1.12. The Balaban J connectivity index is 2.22. The first-order valence-corrected chi connectivity index (χ1v) is 6.27. The van der Waals surface area contributed by atoms with E-state index < -0.39 is 0 Å². The van der Waals surface area contributed by atoms with Crippen LogP contribution in [0.5, 0.6) is 11.8 Å². The standard InChI is InChI=1S/C15H15N3O2/c1-10-4-6-11(7-5-10)14-15(20-3)18-12(16-14)8-9-13(17-18)19-2/h4-9H,1-3H3. The first-order chi connectivity index (χ1) is 9.72. The van der Waals surface area contributed by atoms with Crippen LogP contribution in [0.25, 0.3) is 16.9 Å². The Morgan fingerprint density at radius 1 is 0.950 bits per heavy atom. The Morgan fingerprint density at radius 2 is 1.70 bits per heavy atom. The van der Waals surface area contributed by atoms with Crippen molar-refractivity contribution in [3.63, 3.8) is 0 Å². The third-order valence-corrected chi connectivity index (χ3v) is 3.14. The van der Waals surface area contributed by atoms with Crippen LogP contribution in [-0.2, 0) is 0 Å². The molecule has 102 valence electrons. The Morgan fingerprint density at radius 3 is 2.35 bits per heavy atom. The van der Waals surface area contributed by atoms with Gasteiger partial charge in [-0.05, 0) is 13.0 Å². The summed E-state index contributed by atoms with van der Waals surface area (Å²) >= 11 is 0. The fourth-order valence-corrected chi connectivity index (χ4v) is 2.09. The highest BCUT2D eigenvalue weighted by molar-refractivity contribution is 5.69. The molecule has 0 fully saturated rings. The van der Waals surface area contributed by atoms with Gasteiger partial charge in [-0.3, -0.25) is 0 Å². The minimum Gasteiger partial charge on any atom is -0.480 e. The monoisotopic (exact) mass is 269 g/mol.